The zero-order valence-electron chi connectivity index (χ0n) is 19.7. The van der Waals surface area contributed by atoms with Crippen LogP contribution in [-0.4, -0.2) is 0 Å². The normalized spacial score (nSPS) is 13.9. The van der Waals surface area contributed by atoms with E-state index in [1.807, 2.05) is 72.8 Å². The van der Waals surface area contributed by atoms with Gasteiger partial charge in [0.05, 0.1) is 0 Å². The fourth-order valence-electron chi connectivity index (χ4n) is 3.68. The standard InChI is InChI=1S/2C15H16S2.Ni/c2*1-11-6-5-9-13(10-11)15(17)14(16)12-7-3-2-4-8-12;/h2*2-10,14-17H,1H3;/p-4. The maximum atomic E-state index is 5.56. The van der Waals surface area contributed by atoms with Crippen molar-refractivity contribution >= 4 is 50.5 Å². The number of benzene rings is 4. The Hall–Kier alpha value is -1.23. The number of hydrogen-bond donors (Lipinski definition) is 0. The number of rotatable bonds is 6. The van der Waals surface area contributed by atoms with Gasteiger partial charge in [0, 0.05) is 16.5 Å². The largest absolute Gasteiger partial charge is 0.786 e. The molecule has 4 aromatic rings. The Morgan fingerprint density at radius 1 is 0.400 bits per heavy atom. The average molecular weight is 576 g/mol. The Morgan fingerprint density at radius 3 is 1.00 bits per heavy atom. The van der Waals surface area contributed by atoms with Crippen molar-refractivity contribution in [1.82, 2.24) is 0 Å². The zero-order valence-corrected chi connectivity index (χ0v) is 23.9. The molecule has 0 saturated carbocycles. The summed E-state index contributed by atoms with van der Waals surface area (Å²) in [6.45, 7) is 4.15. The summed E-state index contributed by atoms with van der Waals surface area (Å²) in [7, 11) is 0. The first-order chi connectivity index (χ1) is 16.4. The van der Waals surface area contributed by atoms with Gasteiger partial charge in [0.25, 0.3) is 0 Å². The summed E-state index contributed by atoms with van der Waals surface area (Å²) >= 11 is 22.2. The van der Waals surface area contributed by atoms with Gasteiger partial charge >= 0.3 is 0 Å². The van der Waals surface area contributed by atoms with E-state index < -0.39 is 0 Å². The molecule has 5 heteroatoms. The molecule has 4 rings (SSSR count). The van der Waals surface area contributed by atoms with Crippen LogP contribution >= 0.6 is 0 Å². The molecule has 4 aromatic carbocycles. The van der Waals surface area contributed by atoms with E-state index in [0.717, 1.165) is 22.3 Å². The Labute approximate surface area is 242 Å². The van der Waals surface area contributed by atoms with Crippen molar-refractivity contribution in [2.24, 2.45) is 0 Å². The van der Waals surface area contributed by atoms with Crippen LogP contribution in [0, 0.1) is 13.8 Å². The maximum absolute atomic E-state index is 5.56. The SMILES string of the molecule is Cc1cccc(C([S-])C([S-])c2ccccc2)c1.Cc1cccc(C([S-])C([S-])c2ccccc2)c1.[Ni]. The summed E-state index contributed by atoms with van der Waals surface area (Å²) in [5, 5.41) is -0.194. The van der Waals surface area contributed by atoms with E-state index >= 15 is 0 Å². The molecule has 0 aromatic heterocycles. The summed E-state index contributed by atoms with van der Waals surface area (Å²) in [6.07, 6.45) is 0. The average Bonchev–Trinajstić information content (AvgIpc) is 2.88. The van der Waals surface area contributed by atoms with Gasteiger partial charge in [-0.1, -0.05) is 143 Å². The molecule has 0 amide bonds. The topological polar surface area (TPSA) is 0 Å². The van der Waals surface area contributed by atoms with E-state index in [1.54, 1.807) is 0 Å². The smallest absolute Gasteiger partial charge is 0 e. The van der Waals surface area contributed by atoms with Crippen molar-refractivity contribution in [3.05, 3.63) is 143 Å². The summed E-state index contributed by atoms with van der Waals surface area (Å²) < 4.78 is 0. The Kier molecular flexibility index (Phi) is 13.0. The summed E-state index contributed by atoms with van der Waals surface area (Å²) in [5.74, 6) is 0. The van der Waals surface area contributed by atoms with Crippen LogP contribution in [0.1, 0.15) is 54.4 Å². The molecule has 0 spiro atoms. The van der Waals surface area contributed by atoms with E-state index in [-0.39, 0.29) is 37.5 Å². The van der Waals surface area contributed by atoms with Crippen LogP contribution in [0.5, 0.6) is 0 Å². The molecule has 0 radical (unpaired) electrons. The second kappa shape index (κ2) is 15.1. The second-order valence-corrected chi connectivity index (χ2v) is 10.4. The van der Waals surface area contributed by atoms with Gasteiger partial charge in [-0.3, -0.25) is 0 Å². The predicted molar refractivity (Wildman–Crippen MR) is 156 cm³/mol. The molecule has 0 heterocycles. The van der Waals surface area contributed by atoms with Crippen LogP contribution in [0.2, 0.25) is 0 Å². The van der Waals surface area contributed by atoms with Gasteiger partial charge in [0.15, 0.2) is 0 Å². The summed E-state index contributed by atoms with van der Waals surface area (Å²) in [6, 6.07) is 36.8. The minimum atomic E-state index is -0.0488. The molecule has 4 unspecified atom stereocenters. The molecule has 0 bridgehead atoms. The molecule has 0 aliphatic carbocycles. The summed E-state index contributed by atoms with van der Waals surface area (Å²) in [4.78, 5) is 0. The third kappa shape index (κ3) is 8.98. The number of hydrogen-bond acceptors (Lipinski definition) is 4. The molecule has 0 aliphatic heterocycles. The van der Waals surface area contributed by atoms with Crippen molar-refractivity contribution in [2.75, 3.05) is 0 Å². The van der Waals surface area contributed by atoms with Gasteiger partial charge in [-0.2, -0.15) is 21.0 Å². The van der Waals surface area contributed by atoms with Crippen LogP contribution in [0.4, 0.5) is 0 Å². The third-order valence-corrected chi connectivity index (χ3v) is 8.07. The van der Waals surface area contributed by atoms with Gasteiger partial charge in [-0.25, -0.2) is 0 Å². The van der Waals surface area contributed by atoms with Crippen molar-refractivity contribution in [1.29, 1.82) is 0 Å². The molecule has 0 saturated heterocycles. The van der Waals surface area contributed by atoms with E-state index in [9.17, 15) is 0 Å². The molecule has 186 valence electrons. The van der Waals surface area contributed by atoms with E-state index in [0.29, 0.717) is 0 Å². The predicted octanol–water partition coefficient (Wildman–Crippen LogP) is 7.74. The second-order valence-electron chi connectivity index (χ2n) is 8.33. The summed E-state index contributed by atoms with van der Waals surface area (Å²) in [5.41, 5.74) is 7.00. The first-order valence-electron chi connectivity index (χ1n) is 11.2. The van der Waals surface area contributed by atoms with E-state index in [2.05, 4.69) is 50.2 Å². The number of aryl methyl sites for hydroxylation is 2. The van der Waals surface area contributed by atoms with Gasteiger partial charge < -0.3 is 50.5 Å². The first kappa shape index (κ1) is 30.0. The first-order valence-corrected chi connectivity index (χ1v) is 13.1. The van der Waals surface area contributed by atoms with E-state index in [1.165, 1.54) is 11.1 Å². The van der Waals surface area contributed by atoms with Crippen molar-refractivity contribution in [3.63, 3.8) is 0 Å². The van der Waals surface area contributed by atoms with Crippen molar-refractivity contribution in [3.8, 4) is 0 Å². The van der Waals surface area contributed by atoms with E-state index in [4.69, 9.17) is 50.5 Å². The molecule has 0 aliphatic rings. The van der Waals surface area contributed by atoms with Gasteiger partial charge in [0.1, 0.15) is 0 Å². The molecule has 4 atom stereocenters. The molecular weight excluding hydrogens is 547 g/mol. The van der Waals surface area contributed by atoms with Crippen LogP contribution < -0.4 is 0 Å². The zero-order chi connectivity index (χ0) is 24.5. The quantitative estimate of drug-likeness (QED) is 0.170. The van der Waals surface area contributed by atoms with Gasteiger partial charge in [-0.15, -0.1) is 0 Å². The molecular formula is C30H28NiS4-4. The Balaban J connectivity index is 0.000000240. The maximum Gasteiger partial charge on any atom is 0 e. The fourth-order valence-corrected chi connectivity index (χ4v) is 4.91. The minimum absolute atomic E-state index is 0. The van der Waals surface area contributed by atoms with Crippen LogP contribution in [0.3, 0.4) is 0 Å². The Bertz CT molecular complexity index is 1060. The molecule has 0 fully saturated rings. The third-order valence-electron chi connectivity index (χ3n) is 5.55. The molecule has 35 heavy (non-hydrogen) atoms. The van der Waals surface area contributed by atoms with Crippen LogP contribution in [0.15, 0.2) is 109 Å². The van der Waals surface area contributed by atoms with Gasteiger partial charge in [-0.05, 0) is 13.8 Å². The molecule has 0 nitrogen and oxygen atoms in total. The Morgan fingerprint density at radius 2 is 0.686 bits per heavy atom. The molecule has 0 N–H and O–H groups in total. The fraction of sp³-hybridized carbons (Fsp3) is 0.200. The van der Waals surface area contributed by atoms with Crippen molar-refractivity contribution in [2.45, 2.75) is 34.8 Å². The van der Waals surface area contributed by atoms with Crippen LogP contribution in [-0.2, 0) is 67.0 Å². The monoisotopic (exact) mass is 574 g/mol. The minimum Gasteiger partial charge on any atom is -0.786 e. The van der Waals surface area contributed by atoms with Crippen LogP contribution in [0.25, 0.3) is 0 Å². The van der Waals surface area contributed by atoms with Crippen molar-refractivity contribution < 1.29 is 16.5 Å². The van der Waals surface area contributed by atoms with Gasteiger partial charge in [0.2, 0.25) is 0 Å².